The normalized spacial score (nSPS) is 9.71. The van der Waals surface area contributed by atoms with Crippen LogP contribution in [0, 0.1) is 0 Å². The molecule has 1 heterocycles. The Labute approximate surface area is 103 Å². The van der Waals surface area contributed by atoms with E-state index in [-0.39, 0.29) is 36.0 Å². The number of carboxylic acids is 1. The van der Waals surface area contributed by atoms with Gasteiger partial charge in [-0.1, -0.05) is 18.2 Å². The molecule has 4 heteroatoms. The van der Waals surface area contributed by atoms with Crippen molar-refractivity contribution < 1.29 is 9.90 Å². The molecule has 0 fully saturated rings. The third kappa shape index (κ3) is 2.18. The Morgan fingerprint density at radius 3 is 2.79 bits per heavy atom. The summed E-state index contributed by atoms with van der Waals surface area (Å²) in [6.07, 6.45) is 1.82. The van der Waals surface area contributed by atoms with Gasteiger partial charge in [0.2, 0.25) is 0 Å². The van der Waals surface area contributed by atoms with Crippen LogP contribution in [0.5, 0.6) is 0 Å². The van der Waals surface area contributed by atoms with E-state index >= 15 is 0 Å². The first kappa shape index (κ1) is 11.3. The number of H-pyrrole nitrogens is 1. The van der Waals surface area contributed by atoms with E-state index in [2.05, 4.69) is 4.98 Å². The van der Waals surface area contributed by atoms with Gasteiger partial charge in [-0.2, -0.15) is 0 Å². The molecular formula is C10H9NNaO2. The van der Waals surface area contributed by atoms with E-state index in [1.165, 1.54) is 0 Å². The Morgan fingerprint density at radius 1 is 1.36 bits per heavy atom. The number of fused-ring (bicyclic) bond motifs is 1. The SMILES string of the molecule is O=C(O)Cc1c[nH]c2ccccc12.[Na]. The van der Waals surface area contributed by atoms with Gasteiger partial charge in [-0.05, 0) is 11.6 Å². The molecule has 1 radical (unpaired) electrons. The number of hydrogen-bond donors (Lipinski definition) is 2. The topological polar surface area (TPSA) is 53.1 Å². The second kappa shape index (κ2) is 4.64. The van der Waals surface area contributed by atoms with Crippen LogP contribution >= 0.6 is 0 Å². The van der Waals surface area contributed by atoms with Crippen LogP contribution in [0.3, 0.4) is 0 Å². The maximum atomic E-state index is 10.5. The number of carboxylic acid groups (broad SMARTS) is 1. The minimum absolute atomic E-state index is 0. The van der Waals surface area contributed by atoms with Crippen LogP contribution in [0.15, 0.2) is 30.5 Å². The molecule has 2 rings (SSSR count). The summed E-state index contributed by atoms with van der Waals surface area (Å²) in [5, 5.41) is 9.62. The van der Waals surface area contributed by atoms with Crippen molar-refractivity contribution in [1.82, 2.24) is 4.98 Å². The van der Waals surface area contributed by atoms with Crippen LogP contribution in [0.25, 0.3) is 10.9 Å². The third-order valence-electron chi connectivity index (χ3n) is 2.02. The first-order valence-corrected chi connectivity index (χ1v) is 4.04. The Morgan fingerprint density at radius 2 is 2.07 bits per heavy atom. The molecule has 0 aliphatic carbocycles. The van der Waals surface area contributed by atoms with Crippen molar-refractivity contribution in [2.45, 2.75) is 6.42 Å². The number of carbonyl (C=O) groups is 1. The number of para-hydroxylation sites is 1. The first-order chi connectivity index (χ1) is 6.27. The Bertz CT molecular complexity index is 450. The fourth-order valence-corrected chi connectivity index (χ4v) is 1.44. The zero-order valence-electron chi connectivity index (χ0n) is 7.95. The second-order valence-corrected chi connectivity index (χ2v) is 2.93. The monoisotopic (exact) mass is 198 g/mol. The number of aliphatic carboxylic acids is 1. The molecule has 0 spiro atoms. The standard InChI is InChI=1S/C10H9NO2.Na/c12-10(13)5-7-6-11-9-4-2-1-3-8(7)9;/h1-4,6,11H,5H2,(H,12,13);. The van der Waals surface area contributed by atoms with Crippen molar-refractivity contribution in [1.29, 1.82) is 0 Å². The van der Waals surface area contributed by atoms with E-state index in [1.54, 1.807) is 6.20 Å². The van der Waals surface area contributed by atoms with Gasteiger partial charge in [0.05, 0.1) is 6.42 Å². The second-order valence-electron chi connectivity index (χ2n) is 2.93. The van der Waals surface area contributed by atoms with Crippen molar-refractivity contribution in [3.63, 3.8) is 0 Å². The minimum atomic E-state index is -0.801. The van der Waals surface area contributed by atoms with Crippen LogP contribution in [-0.4, -0.2) is 45.6 Å². The molecule has 0 saturated carbocycles. The molecule has 67 valence electrons. The van der Waals surface area contributed by atoms with E-state index < -0.39 is 5.97 Å². The summed E-state index contributed by atoms with van der Waals surface area (Å²) in [4.78, 5) is 13.5. The summed E-state index contributed by atoms with van der Waals surface area (Å²) in [6.45, 7) is 0. The largest absolute Gasteiger partial charge is 0.481 e. The average molecular weight is 198 g/mol. The van der Waals surface area contributed by atoms with E-state index in [9.17, 15) is 4.79 Å². The molecule has 0 aliphatic heterocycles. The van der Waals surface area contributed by atoms with Gasteiger partial charge < -0.3 is 10.1 Å². The third-order valence-corrected chi connectivity index (χ3v) is 2.02. The van der Waals surface area contributed by atoms with Crippen LogP contribution in [-0.2, 0) is 11.2 Å². The fraction of sp³-hybridized carbons (Fsp3) is 0.100. The Hall–Kier alpha value is -0.770. The molecule has 0 atom stereocenters. The maximum absolute atomic E-state index is 10.5. The van der Waals surface area contributed by atoms with Crippen molar-refractivity contribution in [2.75, 3.05) is 0 Å². The number of hydrogen-bond acceptors (Lipinski definition) is 1. The summed E-state index contributed by atoms with van der Waals surface area (Å²) in [7, 11) is 0. The average Bonchev–Trinajstić information content (AvgIpc) is 2.48. The molecule has 1 aromatic heterocycles. The smallest absolute Gasteiger partial charge is 0.307 e. The molecule has 3 nitrogen and oxygen atoms in total. The quantitative estimate of drug-likeness (QED) is 0.717. The van der Waals surface area contributed by atoms with Crippen molar-refractivity contribution in [3.05, 3.63) is 36.0 Å². The van der Waals surface area contributed by atoms with E-state index in [0.29, 0.717) is 0 Å². The van der Waals surface area contributed by atoms with Crippen molar-refractivity contribution in [3.8, 4) is 0 Å². The molecule has 0 unspecified atom stereocenters. The molecule has 0 amide bonds. The molecule has 2 aromatic rings. The van der Waals surface area contributed by atoms with Gasteiger partial charge in [-0.25, -0.2) is 0 Å². The van der Waals surface area contributed by atoms with Gasteiger partial charge in [0.15, 0.2) is 0 Å². The van der Waals surface area contributed by atoms with Gasteiger partial charge >= 0.3 is 5.97 Å². The molecular weight excluding hydrogens is 189 g/mol. The molecule has 14 heavy (non-hydrogen) atoms. The summed E-state index contributed by atoms with van der Waals surface area (Å²) >= 11 is 0. The van der Waals surface area contributed by atoms with Crippen molar-refractivity contribution >= 4 is 46.4 Å². The number of aromatic amines is 1. The van der Waals surface area contributed by atoms with Crippen LogP contribution in [0.4, 0.5) is 0 Å². The molecule has 2 N–H and O–H groups in total. The minimum Gasteiger partial charge on any atom is -0.481 e. The fourth-order valence-electron chi connectivity index (χ4n) is 1.44. The Balaban J connectivity index is 0.000000980. The first-order valence-electron chi connectivity index (χ1n) is 4.04. The zero-order valence-corrected chi connectivity index (χ0v) is 9.95. The molecule has 0 bridgehead atoms. The van der Waals surface area contributed by atoms with Gasteiger partial charge in [-0.15, -0.1) is 0 Å². The summed E-state index contributed by atoms with van der Waals surface area (Å²) in [5.41, 5.74) is 1.82. The zero-order chi connectivity index (χ0) is 9.26. The number of rotatable bonds is 2. The van der Waals surface area contributed by atoms with Crippen LogP contribution in [0.1, 0.15) is 5.56 Å². The van der Waals surface area contributed by atoms with Gasteiger partial charge in [0.25, 0.3) is 0 Å². The van der Waals surface area contributed by atoms with E-state index in [4.69, 9.17) is 5.11 Å². The Kier molecular flexibility index (Phi) is 3.75. The summed E-state index contributed by atoms with van der Waals surface area (Å²) in [6, 6.07) is 7.68. The summed E-state index contributed by atoms with van der Waals surface area (Å²) < 4.78 is 0. The number of aromatic nitrogens is 1. The molecule has 0 saturated heterocycles. The van der Waals surface area contributed by atoms with E-state index in [0.717, 1.165) is 16.5 Å². The number of nitrogens with one attached hydrogen (secondary N) is 1. The van der Waals surface area contributed by atoms with Crippen LogP contribution in [0.2, 0.25) is 0 Å². The predicted octanol–water partition coefficient (Wildman–Crippen LogP) is 1.41. The maximum Gasteiger partial charge on any atom is 0.307 e. The van der Waals surface area contributed by atoms with Crippen LogP contribution < -0.4 is 0 Å². The van der Waals surface area contributed by atoms with Crippen molar-refractivity contribution in [2.24, 2.45) is 0 Å². The molecule has 0 aliphatic rings. The number of benzene rings is 1. The van der Waals surface area contributed by atoms with Gasteiger partial charge in [-0.3, -0.25) is 4.79 Å². The predicted molar refractivity (Wildman–Crippen MR) is 55.4 cm³/mol. The van der Waals surface area contributed by atoms with E-state index in [1.807, 2.05) is 24.3 Å². The summed E-state index contributed by atoms with van der Waals surface area (Å²) in [5.74, 6) is -0.801. The van der Waals surface area contributed by atoms with Gasteiger partial charge in [0, 0.05) is 46.7 Å². The van der Waals surface area contributed by atoms with Gasteiger partial charge in [0.1, 0.15) is 0 Å². The molecule has 1 aromatic carbocycles.